The molecule has 0 aliphatic rings. The van der Waals surface area contributed by atoms with Crippen LogP contribution in [0.3, 0.4) is 0 Å². The number of hydrogen-bond donors (Lipinski definition) is 0. The zero-order valence-corrected chi connectivity index (χ0v) is 15.8. The van der Waals surface area contributed by atoms with Crippen LogP contribution in [0.15, 0.2) is 115 Å². The minimum atomic E-state index is 0.837. The van der Waals surface area contributed by atoms with E-state index in [0.29, 0.717) is 0 Å². The highest BCUT2D eigenvalue weighted by molar-refractivity contribution is 5.71. The van der Waals surface area contributed by atoms with Crippen LogP contribution in [-0.4, -0.2) is 0 Å². The Bertz CT molecular complexity index is 1000. The van der Waals surface area contributed by atoms with Crippen molar-refractivity contribution in [3.05, 3.63) is 132 Å². The first kappa shape index (κ1) is 17.8. The second-order valence-electron chi connectivity index (χ2n) is 6.74. The molecule has 0 aliphatic heterocycles. The van der Waals surface area contributed by atoms with Crippen molar-refractivity contribution in [2.24, 2.45) is 0 Å². The first-order chi connectivity index (χ1) is 13.9. The van der Waals surface area contributed by atoms with Crippen LogP contribution in [0.25, 0.3) is 12.2 Å². The van der Waals surface area contributed by atoms with Crippen molar-refractivity contribution in [2.75, 3.05) is 4.90 Å². The molecule has 1 nitrogen and oxygen atoms in total. The van der Waals surface area contributed by atoms with Crippen LogP contribution in [0.2, 0.25) is 0 Å². The Morgan fingerprint density at radius 3 is 1.54 bits per heavy atom. The molecule has 4 aromatic rings. The molecule has 0 bridgehead atoms. The lowest BCUT2D eigenvalue weighted by Crippen LogP contribution is -2.16. The number of benzene rings is 4. The van der Waals surface area contributed by atoms with Gasteiger partial charge in [0.2, 0.25) is 0 Å². The van der Waals surface area contributed by atoms with Crippen molar-refractivity contribution < 1.29 is 0 Å². The minimum Gasteiger partial charge on any atom is -0.337 e. The maximum Gasteiger partial charge on any atom is 0.0481 e. The molecule has 0 spiro atoms. The second-order valence-corrected chi connectivity index (χ2v) is 6.74. The molecule has 0 aromatic heterocycles. The number of hydrogen-bond acceptors (Lipinski definition) is 1. The van der Waals surface area contributed by atoms with E-state index in [1.165, 1.54) is 28.1 Å². The Balaban J connectivity index is 1.59. The van der Waals surface area contributed by atoms with Crippen molar-refractivity contribution in [3.8, 4) is 0 Å². The van der Waals surface area contributed by atoms with Gasteiger partial charge in [-0.05, 0) is 41.0 Å². The molecule has 0 fully saturated rings. The second kappa shape index (κ2) is 8.88. The van der Waals surface area contributed by atoms with E-state index in [2.05, 4.69) is 126 Å². The van der Waals surface area contributed by atoms with Crippen LogP contribution in [0.1, 0.15) is 16.7 Å². The molecule has 4 aromatic carbocycles. The van der Waals surface area contributed by atoms with Crippen molar-refractivity contribution in [2.45, 2.75) is 6.54 Å². The molecule has 28 heavy (non-hydrogen) atoms. The van der Waals surface area contributed by atoms with Crippen LogP contribution < -0.4 is 4.90 Å². The van der Waals surface area contributed by atoms with Gasteiger partial charge in [-0.15, -0.1) is 0 Å². The summed E-state index contributed by atoms with van der Waals surface area (Å²) in [5, 5.41) is 0. The van der Waals surface area contributed by atoms with Gasteiger partial charge >= 0.3 is 0 Å². The molecule has 4 rings (SSSR count). The predicted molar refractivity (Wildman–Crippen MR) is 121 cm³/mol. The first-order valence-corrected chi connectivity index (χ1v) is 9.58. The molecule has 0 aliphatic carbocycles. The summed E-state index contributed by atoms with van der Waals surface area (Å²) in [6.45, 7) is 0.837. The van der Waals surface area contributed by atoms with Gasteiger partial charge in [0.05, 0.1) is 0 Å². The minimum absolute atomic E-state index is 0.837. The zero-order valence-electron chi connectivity index (χ0n) is 15.8. The Labute approximate surface area is 167 Å². The third-order valence-electron chi connectivity index (χ3n) is 4.72. The maximum absolute atomic E-state index is 2.35. The number of para-hydroxylation sites is 1. The molecule has 0 saturated carbocycles. The molecular weight excluding hydrogens is 338 g/mol. The zero-order chi connectivity index (χ0) is 19.0. The first-order valence-electron chi connectivity index (χ1n) is 9.58. The Morgan fingerprint density at radius 1 is 0.464 bits per heavy atom. The van der Waals surface area contributed by atoms with Crippen LogP contribution in [0, 0.1) is 0 Å². The van der Waals surface area contributed by atoms with E-state index in [1.807, 2.05) is 6.07 Å². The van der Waals surface area contributed by atoms with Gasteiger partial charge < -0.3 is 4.90 Å². The fraction of sp³-hybridized carbons (Fsp3) is 0.0370. The maximum atomic E-state index is 2.35. The molecule has 0 unspecified atom stereocenters. The summed E-state index contributed by atoms with van der Waals surface area (Å²) >= 11 is 0. The molecular formula is C27H23N. The van der Waals surface area contributed by atoms with E-state index >= 15 is 0 Å². The van der Waals surface area contributed by atoms with Crippen molar-refractivity contribution in [1.29, 1.82) is 0 Å². The summed E-state index contributed by atoms with van der Waals surface area (Å²) in [7, 11) is 0. The normalized spacial score (nSPS) is 10.9. The van der Waals surface area contributed by atoms with E-state index in [0.717, 1.165) is 6.54 Å². The monoisotopic (exact) mass is 361 g/mol. The molecule has 0 radical (unpaired) electrons. The summed E-state index contributed by atoms with van der Waals surface area (Å²) in [6.07, 6.45) is 4.30. The summed E-state index contributed by atoms with van der Waals surface area (Å²) in [5.41, 5.74) is 6.08. The molecule has 1 heteroatoms. The van der Waals surface area contributed by atoms with Crippen LogP contribution >= 0.6 is 0 Å². The molecule has 0 saturated heterocycles. The molecule has 0 atom stereocenters. The lowest BCUT2D eigenvalue weighted by molar-refractivity contribution is 0.975. The van der Waals surface area contributed by atoms with Gasteiger partial charge in [-0.1, -0.05) is 103 Å². The van der Waals surface area contributed by atoms with Crippen LogP contribution in [0.5, 0.6) is 0 Å². The molecule has 0 heterocycles. The van der Waals surface area contributed by atoms with Gasteiger partial charge in [0.15, 0.2) is 0 Å². The van der Waals surface area contributed by atoms with Crippen molar-refractivity contribution >= 4 is 23.5 Å². The van der Waals surface area contributed by atoms with Crippen molar-refractivity contribution in [1.82, 2.24) is 0 Å². The van der Waals surface area contributed by atoms with Crippen LogP contribution in [0.4, 0.5) is 11.4 Å². The largest absolute Gasteiger partial charge is 0.337 e. The van der Waals surface area contributed by atoms with E-state index in [1.54, 1.807) is 0 Å². The highest BCUT2D eigenvalue weighted by Gasteiger charge is 2.09. The van der Waals surface area contributed by atoms with Gasteiger partial charge in [-0.3, -0.25) is 0 Å². The van der Waals surface area contributed by atoms with Gasteiger partial charge in [0.25, 0.3) is 0 Å². The molecule has 0 N–H and O–H groups in total. The van der Waals surface area contributed by atoms with E-state index in [4.69, 9.17) is 0 Å². The molecule has 136 valence electrons. The standard InChI is InChI=1S/C27H23N/c1-4-10-23(11-5-1)16-17-24-18-20-27(21-19-24)28(26-14-8-3-9-15-26)22-25-12-6-2-7-13-25/h1-21H,22H2/b17-16+. The Hall–Kier alpha value is -3.58. The van der Waals surface area contributed by atoms with Crippen molar-refractivity contribution in [3.63, 3.8) is 0 Å². The summed E-state index contributed by atoms with van der Waals surface area (Å²) in [6, 6.07) is 40.3. The highest BCUT2D eigenvalue weighted by atomic mass is 15.1. The summed E-state index contributed by atoms with van der Waals surface area (Å²) in [5.74, 6) is 0. The predicted octanol–water partition coefficient (Wildman–Crippen LogP) is 7.20. The lowest BCUT2D eigenvalue weighted by atomic mass is 10.1. The topological polar surface area (TPSA) is 3.24 Å². The average molecular weight is 361 g/mol. The van der Waals surface area contributed by atoms with E-state index in [9.17, 15) is 0 Å². The SMILES string of the molecule is C(=C\c1ccc(N(Cc2ccccc2)c2ccccc2)cc1)/c1ccccc1. The molecule has 0 amide bonds. The third-order valence-corrected chi connectivity index (χ3v) is 4.72. The number of anilines is 2. The van der Waals surface area contributed by atoms with Gasteiger partial charge in [-0.2, -0.15) is 0 Å². The van der Waals surface area contributed by atoms with Gasteiger partial charge in [-0.25, -0.2) is 0 Å². The summed E-state index contributed by atoms with van der Waals surface area (Å²) in [4.78, 5) is 2.35. The van der Waals surface area contributed by atoms with E-state index in [-0.39, 0.29) is 0 Å². The lowest BCUT2D eigenvalue weighted by Gasteiger charge is -2.25. The number of rotatable bonds is 6. The average Bonchev–Trinajstić information content (AvgIpc) is 2.78. The quantitative estimate of drug-likeness (QED) is 0.328. The Morgan fingerprint density at radius 2 is 0.929 bits per heavy atom. The van der Waals surface area contributed by atoms with Gasteiger partial charge in [0, 0.05) is 17.9 Å². The highest BCUT2D eigenvalue weighted by Crippen LogP contribution is 2.28. The fourth-order valence-corrected chi connectivity index (χ4v) is 3.23. The third kappa shape index (κ3) is 4.57. The fourth-order valence-electron chi connectivity index (χ4n) is 3.23. The summed E-state index contributed by atoms with van der Waals surface area (Å²) < 4.78 is 0. The number of nitrogens with zero attached hydrogens (tertiary/aromatic N) is 1. The smallest absolute Gasteiger partial charge is 0.0481 e. The van der Waals surface area contributed by atoms with Crippen LogP contribution in [-0.2, 0) is 6.54 Å². The van der Waals surface area contributed by atoms with Gasteiger partial charge in [0.1, 0.15) is 0 Å². The van der Waals surface area contributed by atoms with E-state index < -0.39 is 0 Å². The Kier molecular flexibility index (Phi) is 5.65.